The summed E-state index contributed by atoms with van der Waals surface area (Å²) in [5.74, 6) is 5.87. The molecule has 0 fully saturated rings. The summed E-state index contributed by atoms with van der Waals surface area (Å²) in [6.07, 6.45) is 2.37. The largest absolute Gasteiger partial charge is 0.401 e. The first-order valence-corrected chi connectivity index (χ1v) is 5.44. The van der Waals surface area contributed by atoms with Crippen LogP contribution < -0.4 is 21.9 Å². The van der Waals surface area contributed by atoms with Crippen molar-refractivity contribution in [1.82, 2.24) is 0 Å². The Bertz CT molecular complexity index is 361. The average molecular weight is 236 g/mol. The fraction of sp³-hybridized carbons (Fsp3) is 0.333. The van der Waals surface area contributed by atoms with Gasteiger partial charge in [-0.25, -0.2) is 5.84 Å². The number of nitrogens with zero attached hydrogens (tertiary/aromatic N) is 1. The van der Waals surface area contributed by atoms with Crippen molar-refractivity contribution in [3.8, 4) is 0 Å². The zero-order valence-electron chi connectivity index (χ0n) is 10.3. The van der Waals surface area contributed by atoms with Gasteiger partial charge < -0.3 is 15.8 Å². The van der Waals surface area contributed by atoms with Gasteiger partial charge in [-0.15, -0.1) is 0 Å². The molecule has 0 amide bonds. The average Bonchev–Trinajstić information content (AvgIpc) is 2.36. The van der Waals surface area contributed by atoms with Gasteiger partial charge in [0.05, 0.1) is 12.3 Å². The summed E-state index contributed by atoms with van der Waals surface area (Å²) >= 11 is 0. The summed E-state index contributed by atoms with van der Waals surface area (Å²) in [6.45, 7) is 0.592. The van der Waals surface area contributed by atoms with E-state index in [-0.39, 0.29) is 0 Å². The zero-order chi connectivity index (χ0) is 12.7. The molecule has 0 radical (unpaired) electrons. The number of nitrogens with one attached hydrogen (secondary N) is 1. The van der Waals surface area contributed by atoms with E-state index in [0.29, 0.717) is 18.7 Å². The van der Waals surface area contributed by atoms with Crippen LogP contribution in [0.5, 0.6) is 0 Å². The van der Waals surface area contributed by atoms with Crippen LogP contribution in [0, 0.1) is 0 Å². The second kappa shape index (κ2) is 6.78. The maximum Gasteiger partial charge on any atom is 0.0570 e. The van der Waals surface area contributed by atoms with Gasteiger partial charge in [-0.2, -0.15) is 0 Å². The Labute approximate surface area is 102 Å². The minimum absolute atomic E-state index is 0.592. The molecule has 0 saturated heterocycles. The number of hydrazine groups is 1. The first-order chi connectivity index (χ1) is 8.17. The Hall–Kier alpha value is -1.72. The van der Waals surface area contributed by atoms with E-state index >= 15 is 0 Å². The second-order valence-electron chi connectivity index (χ2n) is 3.65. The molecule has 0 aromatic heterocycles. The lowest BCUT2D eigenvalue weighted by molar-refractivity contribution is 0.202. The quantitative estimate of drug-likeness (QED) is 0.512. The first kappa shape index (κ1) is 13.3. The third-order valence-electron chi connectivity index (χ3n) is 2.35. The van der Waals surface area contributed by atoms with Gasteiger partial charge in [-0.05, 0) is 24.3 Å². The van der Waals surface area contributed by atoms with E-state index < -0.39 is 0 Å². The number of ether oxygens (including phenoxy) is 1. The van der Waals surface area contributed by atoms with Crippen molar-refractivity contribution in [2.24, 2.45) is 11.6 Å². The summed E-state index contributed by atoms with van der Waals surface area (Å²) in [7, 11) is 3.52. The number of rotatable bonds is 6. The lowest BCUT2D eigenvalue weighted by Gasteiger charge is -2.15. The molecular formula is C12H20N4O. The molecule has 5 N–H and O–H groups in total. The molecule has 5 heteroatoms. The van der Waals surface area contributed by atoms with Crippen molar-refractivity contribution in [2.45, 2.75) is 6.42 Å². The Morgan fingerprint density at radius 2 is 2.06 bits per heavy atom. The van der Waals surface area contributed by atoms with Crippen molar-refractivity contribution in [3.63, 3.8) is 0 Å². The number of nitrogens with two attached hydrogens (primary N) is 2. The summed E-state index contributed by atoms with van der Waals surface area (Å²) in [5, 5.41) is 4.55. The van der Waals surface area contributed by atoms with E-state index in [4.69, 9.17) is 16.3 Å². The number of methoxy groups -OCH3 is 1. The maximum atomic E-state index is 5.87. The second-order valence-corrected chi connectivity index (χ2v) is 3.65. The van der Waals surface area contributed by atoms with Crippen LogP contribution in [0.15, 0.2) is 36.2 Å². The summed E-state index contributed by atoms with van der Waals surface area (Å²) in [6, 6.07) is 7.75. The Balaban J connectivity index is 2.64. The lowest BCUT2D eigenvalue weighted by atomic mass is 10.2. The van der Waals surface area contributed by atoms with Crippen molar-refractivity contribution in [3.05, 3.63) is 36.2 Å². The topological polar surface area (TPSA) is 76.5 Å². The van der Waals surface area contributed by atoms with Crippen LogP contribution in [0.25, 0.3) is 0 Å². The van der Waals surface area contributed by atoms with Crippen LogP contribution in [0.4, 0.5) is 11.4 Å². The number of anilines is 2. The first-order valence-electron chi connectivity index (χ1n) is 5.44. The molecule has 5 nitrogen and oxygen atoms in total. The highest BCUT2D eigenvalue weighted by Gasteiger charge is 1.99. The fourth-order valence-corrected chi connectivity index (χ4v) is 1.34. The molecule has 1 aromatic rings. The van der Waals surface area contributed by atoms with Crippen molar-refractivity contribution >= 4 is 11.4 Å². The van der Waals surface area contributed by atoms with Gasteiger partial charge in [-0.3, -0.25) is 5.01 Å². The molecule has 0 atom stereocenters. The SMILES string of the molecule is CNc1ccc(N(N)/C=C(\N)CCOC)cc1. The molecule has 0 unspecified atom stereocenters. The van der Waals surface area contributed by atoms with Gasteiger partial charge in [0.15, 0.2) is 0 Å². The molecule has 17 heavy (non-hydrogen) atoms. The molecular weight excluding hydrogens is 216 g/mol. The zero-order valence-corrected chi connectivity index (χ0v) is 10.3. The van der Waals surface area contributed by atoms with Gasteiger partial charge in [0.1, 0.15) is 0 Å². The van der Waals surface area contributed by atoms with Crippen LogP contribution in [0.3, 0.4) is 0 Å². The van der Waals surface area contributed by atoms with Crippen LogP contribution in [0.1, 0.15) is 6.42 Å². The summed E-state index contributed by atoms with van der Waals surface area (Å²) in [4.78, 5) is 0. The standard InChI is InChI=1S/C12H20N4O/c1-15-11-3-5-12(6-4-11)16(14)9-10(13)7-8-17-2/h3-6,9,15H,7-8,13-14H2,1-2H3/b10-9-. The van der Waals surface area contributed by atoms with E-state index in [1.807, 2.05) is 31.3 Å². The smallest absolute Gasteiger partial charge is 0.0570 e. The number of benzene rings is 1. The highest BCUT2D eigenvalue weighted by atomic mass is 16.5. The molecule has 0 saturated carbocycles. The van der Waals surface area contributed by atoms with Crippen LogP contribution in [-0.2, 0) is 4.74 Å². The molecule has 0 bridgehead atoms. The minimum Gasteiger partial charge on any atom is -0.401 e. The van der Waals surface area contributed by atoms with Gasteiger partial charge >= 0.3 is 0 Å². The molecule has 0 aliphatic rings. The third kappa shape index (κ3) is 4.34. The molecule has 1 rings (SSSR count). The van der Waals surface area contributed by atoms with Gasteiger partial charge in [0.2, 0.25) is 0 Å². The Morgan fingerprint density at radius 1 is 1.41 bits per heavy atom. The predicted molar refractivity (Wildman–Crippen MR) is 71.4 cm³/mol. The van der Waals surface area contributed by atoms with Crippen molar-refractivity contribution < 1.29 is 4.74 Å². The monoisotopic (exact) mass is 236 g/mol. The highest BCUT2D eigenvalue weighted by molar-refractivity contribution is 5.55. The van der Waals surface area contributed by atoms with Crippen LogP contribution in [0.2, 0.25) is 0 Å². The van der Waals surface area contributed by atoms with E-state index in [1.54, 1.807) is 13.3 Å². The summed E-state index contributed by atoms with van der Waals surface area (Å²) < 4.78 is 4.94. The van der Waals surface area contributed by atoms with Gasteiger partial charge in [0.25, 0.3) is 0 Å². The molecule has 0 aliphatic carbocycles. The third-order valence-corrected chi connectivity index (χ3v) is 2.35. The molecule has 0 spiro atoms. The molecule has 94 valence electrons. The number of hydrogen-bond donors (Lipinski definition) is 3. The summed E-state index contributed by atoms with van der Waals surface area (Å²) in [5.41, 5.74) is 8.41. The lowest BCUT2D eigenvalue weighted by Crippen LogP contribution is -2.26. The maximum absolute atomic E-state index is 5.87. The Morgan fingerprint density at radius 3 is 2.59 bits per heavy atom. The molecule has 0 aliphatic heterocycles. The van der Waals surface area contributed by atoms with Gasteiger partial charge in [-0.1, -0.05) is 0 Å². The number of hydrogen-bond acceptors (Lipinski definition) is 5. The van der Waals surface area contributed by atoms with Crippen molar-refractivity contribution in [1.29, 1.82) is 0 Å². The molecule has 0 heterocycles. The van der Waals surface area contributed by atoms with E-state index in [1.165, 1.54) is 5.01 Å². The Kier molecular flexibility index (Phi) is 5.32. The van der Waals surface area contributed by atoms with E-state index in [2.05, 4.69) is 5.32 Å². The van der Waals surface area contributed by atoms with Crippen LogP contribution >= 0.6 is 0 Å². The van der Waals surface area contributed by atoms with E-state index in [9.17, 15) is 0 Å². The minimum atomic E-state index is 0.592. The highest BCUT2D eigenvalue weighted by Crippen LogP contribution is 2.15. The van der Waals surface area contributed by atoms with Gasteiger partial charge in [0, 0.05) is 38.2 Å². The predicted octanol–water partition coefficient (Wildman–Crippen LogP) is 1.24. The van der Waals surface area contributed by atoms with Crippen molar-refractivity contribution in [2.75, 3.05) is 31.1 Å². The normalized spacial score (nSPS) is 11.4. The van der Waals surface area contributed by atoms with E-state index in [0.717, 1.165) is 11.4 Å². The fourth-order valence-electron chi connectivity index (χ4n) is 1.34. The van der Waals surface area contributed by atoms with Crippen LogP contribution in [-0.4, -0.2) is 20.8 Å². The molecule has 1 aromatic carbocycles.